The maximum Gasteiger partial charge on any atom is 0.262 e. The molecule has 0 fully saturated rings. The van der Waals surface area contributed by atoms with Gasteiger partial charge in [0, 0.05) is 6.07 Å². The summed E-state index contributed by atoms with van der Waals surface area (Å²) in [5.41, 5.74) is 2.61. The quantitative estimate of drug-likeness (QED) is 0.803. The zero-order chi connectivity index (χ0) is 14.9. The van der Waals surface area contributed by atoms with Crippen molar-refractivity contribution in [2.24, 2.45) is 0 Å². The molecule has 1 aromatic heterocycles. The Bertz CT molecular complexity index is 885. The molecule has 5 nitrogen and oxygen atoms in total. The van der Waals surface area contributed by atoms with E-state index in [1.165, 1.54) is 18.5 Å². The van der Waals surface area contributed by atoms with Gasteiger partial charge in [0.1, 0.15) is 5.52 Å². The summed E-state index contributed by atoms with van der Waals surface area (Å²) >= 11 is 0. The monoisotopic (exact) mass is 302 g/mol. The number of nitrogens with zero attached hydrogens (tertiary/aromatic N) is 1. The smallest absolute Gasteiger partial charge is 0.262 e. The molecule has 3 rings (SSSR count). The first-order valence-corrected chi connectivity index (χ1v) is 8.02. The maximum absolute atomic E-state index is 12.5. The summed E-state index contributed by atoms with van der Waals surface area (Å²) in [6.45, 7) is 1.98. The topological polar surface area (TPSA) is 72.2 Å². The van der Waals surface area contributed by atoms with E-state index in [1.54, 1.807) is 18.2 Å². The lowest BCUT2D eigenvalue weighted by molar-refractivity contribution is 0.594. The van der Waals surface area contributed by atoms with Crippen LogP contribution >= 0.6 is 0 Å². The molecule has 0 saturated heterocycles. The fraction of sp³-hybridized carbons (Fsp3) is 0.133. The maximum atomic E-state index is 12.5. The van der Waals surface area contributed by atoms with Crippen molar-refractivity contribution in [2.45, 2.75) is 18.2 Å². The fourth-order valence-electron chi connectivity index (χ4n) is 2.13. The van der Waals surface area contributed by atoms with E-state index in [1.807, 2.05) is 19.1 Å². The lowest BCUT2D eigenvalue weighted by Crippen LogP contribution is -2.14. The van der Waals surface area contributed by atoms with E-state index < -0.39 is 10.0 Å². The van der Waals surface area contributed by atoms with E-state index in [0.29, 0.717) is 16.8 Å². The summed E-state index contributed by atoms with van der Waals surface area (Å²) in [6.07, 6.45) is 2.04. The van der Waals surface area contributed by atoms with Crippen molar-refractivity contribution in [1.82, 2.24) is 4.98 Å². The van der Waals surface area contributed by atoms with Crippen LogP contribution in [0.3, 0.4) is 0 Å². The van der Waals surface area contributed by atoms with Gasteiger partial charge in [0.25, 0.3) is 10.0 Å². The molecule has 3 aromatic rings. The number of benzene rings is 2. The molecule has 0 unspecified atom stereocenters. The minimum Gasteiger partial charge on any atom is -0.443 e. The zero-order valence-corrected chi connectivity index (χ0v) is 12.2. The average molecular weight is 302 g/mol. The molecule has 0 radical (unpaired) electrons. The van der Waals surface area contributed by atoms with Gasteiger partial charge in [-0.1, -0.05) is 25.1 Å². The molecular formula is C15H14N2O3S. The van der Waals surface area contributed by atoms with Crippen molar-refractivity contribution in [3.8, 4) is 0 Å². The molecule has 0 amide bonds. The normalized spacial score (nSPS) is 11.7. The van der Waals surface area contributed by atoms with Crippen LogP contribution in [-0.2, 0) is 16.4 Å². The average Bonchev–Trinajstić information content (AvgIpc) is 2.95. The third-order valence-electron chi connectivity index (χ3n) is 3.26. The van der Waals surface area contributed by atoms with Crippen LogP contribution in [-0.4, -0.2) is 13.4 Å². The number of aryl methyl sites for hydroxylation is 1. The molecule has 0 saturated carbocycles. The van der Waals surface area contributed by atoms with Crippen molar-refractivity contribution in [3.63, 3.8) is 0 Å². The Morgan fingerprint density at radius 3 is 2.81 bits per heavy atom. The highest BCUT2D eigenvalue weighted by atomic mass is 32.2. The zero-order valence-electron chi connectivity index (χ0n) is 11.4. The van der Waals surface area contributed by atoms with Gasteiger partial charge in [0.2, 0.25) is 0 Å². The Labute approximate surface area is 122 Å². The summed E-state index contributed by atoms with van der Waals surface area (Å²) in [5.74, 6) is 0. The van der Waals surface area contributed by atoms with E-state index >= 15 is 0 Å². The van der Waals surface area contributed by atoms with E-state index in [-0.39, 0.29) is 4.90 Å². The molecule has 21 heavy (non-hydrogen) atoms. The molecule has 0 aliphatic rings. The third kappa shape index (κ3) is 2.62. The van der Waals surface area contributed by atoms with Crippen molar-refractivity contribution < 1.29 is 12.8 Å². The number of sulfonamides is 1. The standard InChI is InChI=1S/C15H14N2O3S/c1-2-11-5-3-4-6-13(11)17-21(18,19)12-7-8-14-15(9-12)20-10-16-14/h3-10,17H,2H2,1H3. The number of aromatic nitrogens is 1. The van der Waals surface area contributed by atoms with Crippen LogP contribution < -0.4 is 4.72 Å². The first-order chi connectivity index (χ1) is 10.1. The Balaban J connectivity index is 1.99. The van der Waals surface area contributed by atoms with Gasteiger partial charge in [-0.25, -0.2) is 13.4 Å². The molecule has 0 aliphatic carbocycles. The van der Waals surface area contributed by atoms with Crippen LogP contribution in [0.25, 0.3) is 11.1 Å². The largest absolute Gasteiger partial charge is 0.443 e. The van der Waals surface area contributed by atoms with Crippen molar-refractivity contribution in [3.05, 3.63) is 54.4 Å². The molecule has 0 aliphatic heterocycles. The fourth-order valence-corrected chi connectivity index (χ4v) is 3.25. The molecule has 0 atom stereocenters. The van der Waals surface area contributed by atoms with Gasteiger partial charge >= 0.3 is 0 Å². The highest BCUT2D eigenvalue weighted by Gasteiger charge is 2.17. The Morgan fingerprint density at radius 2 is 2.00 bits per heavy atom. The number of rotatable bonds is 4. The number of para-hydroxylation sites is 1. The molecule has 2 aromatic carbocycles. The molecule has 6 heteroatoms. The van der Waals surface area contributed by atoms with Gasteiger partial charge in [-0.05, 0) is 30.2 Å². The number of nitrogens with one attached hydrogen (secondary N) is 1. The van der Waals surface area contributed by atoms with Crippen LogP contribution in [0.4, 0.5) is 5.69 Å². The number of fused-ring (bicyclic) bond motifs is 1. The second-order valence-electron chi connectivity index (χ2n) is 4.60. The van der Waals surface area contributed by atoms with Gasteiger partial charge in [0.05, 0.1) is 10.6 Å². The molecule has 1 N–H and O–H groups in total. The molecule has 108 valence electrons. The Kier molecular flexibility index (Phi) is 3.39. The van der Waals surface area contributed by atoms with Gasteiger partial charge in [-0.3, -0.25) is 4.72 Å². The number of hydrogen-bond acceptors (Lipinski definition) is 4. The SMILES string of the molecule is CCc1ccccc1NS(=O)(=O)c1ccc2ncoc2c1. The summed E-state index contributed by atoms with van der Waals surface area (Å²) in [7, 11) is -3.65. The highest BCUT2D eigenvalue weighted by molar-refractivity contribution is 7.92. The van der Waals surface area contributed by atoms with Gasteiger partial charge in [0.15, 0.2) is 12.0 Å². The van der Waals surface area contributed by atoms with Crippen LogP contribution in [0.15, 0.2) is 58.2 Å². The second kappa shape index (κ2) is 5.21. The second-order valence-corrected chi connectivity index (χ2v) is 6.28. The summed E-state index contributed by atoms with van der Waals surface area (Å²) in [6, 6.07) is 12.0. The number of hydrogen-bond donors (Lipinski definition) is 1. The van der Waals surface area contributed by atoms with Crippen LogP contribution in [0.2, 0.25) is 0 Å². The summed E-state index contributed by atoms with van der Waals surface area (Å²) < 4.78 is 32.7. The minimum atomic E-state index is -3.65. The van der Waals surface area contributed by atoms with E-state index in [0.717, 1.165) is 12.0 Å². The summed E-state index contributed by atoms with van der Waals surface area (Å²) in [5, 5.41) is 0. The van der Waals surface area contributed by atoms with Crippen LogP contribution in [0, 0.1) is 0 Å². The van der Waals surface area contributed by atoms with Crippen LogP contribution in [0.5, 0.6) is 0 Å². The van der Waals surface area contributed by atoms with E-state index in [2.05, 4.69) is 9.71 Å². The van der Waals surface area contributed by atoms with Crippen molar-refractivity contribution >= 4 is 26.8 Å². The summed E-state index contributed by atoms with van der Waals surface area (Å²) in [4.78, 5) is 4.12. The van der Waals surface area contributed by atoms with Crippen molar-refractivity contribution in [1.29, 1.82) is 0 Å². The molecule has 1 heterocycles. The van der Waals surface area contributed by atoms with Crippen molar-refractivity contribution in [2.75, 3.05) is 4.72 Å². The predicted octanol–water partition coefficient (Wildman–Crippen LogP) is 3.19. The first kappa shape index (κ1) is 13.6. The lowest BCUT2D eigenvalue weighted by Gasteiger charge is -2.11. The molecule has 0 spiro atoms. The number of oxazole rings is 1. The predicted molar refractivity (Wildman–Crippen MR) is 80.6 cm³/mol. The van der Waals surface area contributed by atoms with E-state index in [4.69, 9.17) is 4.42 Å². The Morgan fingerprint density at radius 1 is 1.19 bits per heavy atom. The molecular weight excluding hydrogens is 288 g/mol. The lowest BCUT2D eigenvalue weighted by atomic mass is 10.1. The van der Waals surface area contributed by atoms with Gasteiger partial charge in [-0.2, -0.15) is 0 Å². The highest BCUT2D eigenvalue weighted by Crippen LogP contribution is 2.23. The minimum absolute atomic E-state index is 0.151. The van der Waals surface area contributed by atoms with Gasteiger partial charge < -0.3 is 4.42 Å². The Hall–Kier alpha value is -2.34. The first-order valence-electron chi connectivity index (χ1n) is 6.54. The van der Waals surface area contributed by atoms with E-state index in [9.17, 15) is 8.42 Å². The number of anilines is 1. The molecule has 0 bridgehead atoms. The van der Waals surface area contributed by atoms with Gasteiger partial charge in [-0.15, -0.1) is 0 Å². The third-order valence-corrected chi connectivity index (χ3v) is 4.62. The van der Waals surface area contributed by atoms with Crippen LogP contribution in [0.1, 0.15) is 12.5 Å².